The van der Waals surface area contributed by atoms with Crippen molar-refractivity contribution in [3.63, 3.8) is 0 Å². The molecule has 6 unspecified atom stereocenters. The molecule has 4 N–H and O–H groups in total. The summed E-state index contributed by atoms with van der Waals surface area (Å²) in [5.41, 5.74) is -0.123. The fraction of sp³-hybridized carbons (Fsp3) is 0.429. The topological polar surface area (TPSA) is 125 Å². The minimum atomic E-state index is -1.37. The first kappa shape index (κ1) is 19.0. The fourth-order valence-corrected chi connectivity index (χ4v) is 6.16. The highest BCUT2D eigenvalue weighted by molar-refractivity contribution is 6.30. The monoisotopic (exact) mass is 440 g/mol. The van der Waals surface area contributed by atoms with Gasteiger partial charge in [0.15, 0.2) is 11.5 Å². The van der Waals surface area contributed by atoms with Crippen molar-refractivity contribution in [1.29, 1.82) is 0 Å². The van der Waals surface area contributed by atoms with Gasteiger partial charge >= 0.3 is 0 Å². The van der Waals surface area contributed by atoms with Crippen molar-refractivity contribution in [2.45, 2.75) is 31.2 Å². The molecule has 3 aromatic rings. The standard InChI is InChI=1S/C21H21ClN6O3/c1-9-26-17(24-7-10-4-3-5-11(22)6-10)13-18(27-9)28(8-25-13)14-12-15-20(12,19(30)23-2)21(15,31)16(14)29/h3-6,8,12,14-16,29,31H,7H2,1-2H3,(H,23,30)(H,24,26,27). The Bertz CT molecular complexity index is 1260. The van der Waals surface area contributed by atoms with Crippen LogP contribution in [0.5, 0.6) is 0 Å². The van der Waals surface area contributed by atoms with E-state index >= 15 is 0 Å². The molecule has 4 aliphatic rings. The van der Waals surface area contributed by atoms with E-state index in [9.17, 15) is 15.0 Å². The van der Waals surface area contributed by atoms with Gasteiger partial charge in [-0.3, -0.25) is 4.79 Å². The molecule has 0 radical (unpaired) electrons. The molecule has 7 rings (SSSR count). The van der Waals surface area contributed by atoms with Gasteiger partial charge in [0, 0.05) is 30.5 Å². The van der Waals surface area contributed by atoms with Crippen LogP contribution in [0.25, 0.3) is 11.2 Å². The molecule has 4 saturated carbocycles. The Labute approximate surface area is 182 Å². The van der Waals surface area contributed by atoms with E-state index in [2.05, 4.69) is 25.6 Å². The molecule has 2 heterocycles. The van der Waals surface area contributed by atoms with E-state index in [1.165, 1.54) is 0 Å². The average Bonchev–Trinajstić information content (AvgIpc) is 3.44. The number of benzene rings is 1. The molecule has 9 nitrogen and oxygen atoms in total. The number of aryl methyl sites for hydroxylation is 1. The van der Waals surface area contributed by atoms with Crippen LogP contribution in [0.2, 0.25) is 5.02 Å². The third kappa shape index (κ3) is 2.13. The summed E-state index contributed by atoms with van der Waals surface area (Å²) in [4.78, 5) is 26.0. The zero-order valence-corrected chi connectivity index (χ0v) is 17.6. The lowest BCUT2D eigenvalue weighted by atomic mass is 10.0. The van der Waals surface area contributed by atoms with Crippen molar-refractivity contribution in [2.24, 2.45) is 17.3 Å². The van der Waals surface area contributed by atoms with Gasteiger partial charge in [-0.15, -0.1) is 0 Å². The number of aliphatic hydroxyl groups excluding tert-OH is 1. The Morgan fingerprint density at radius 1 is 1.35 bits per heavy atom. The minimum Gasteiger partial charge on any atom is -0.388 e. The summed E-state index contributed by atoms with van der Waals surface area (Å²) in [6.45, 7) is 2.30. The molecule has 0 saturated heterocycles. The lowest BCUT2D eigenvalue weighted by molar-refractivity contribution is -0.128. The first-order valence-corrected chi connectivity index (χ1v) is 10.6. The number of imidazole rings is 1. The van der Waals surface area contributed by atoms with E-state index < -0.39 is 23.2 Å². The average molecular weight is 441 g/mol. The molecule has 0 aliphatic heterocycles. The lowest BCUT2D eigenvalue weighted by Gasteiger charge is -2.18. The highest BCUT2D eigenvalue weighted by Gasteiger charge is 3.07. The highest BCUT2D eigenvalue weighted by Crippen LogP contribution is 2.95. The summed E-state index contributed by atoms with van der Waals surface area (Å²) < 4.78 is 1.78. The van der Waals surface area contributed by atoms with Crippen molar-refractivity contribution < 1.29 is 15.0 Å². The van der Waals surface area contributed by atoms with Crippen LogP contribution in [0, 0.1) is 24.2 Å². The number of halogens is 1. The molecule has 10 heteroatoms. The smallest absolute Gasteiger partial charge is 0.229 e. The zero-order chi connectivity index (χ0) is 21.7. The summed E-state index contributed by atoms with van der Waals surface area (Å²) in [5, 5.41) is 28.4. The second-order valence-corrected chi connectivity index (χ2v) is 9.08. The van der Waals surface area contributed by atoms with Gasteiger partial charge in [0.05, 0.1) is 17.8 Å². The number of hydrogen-bond acceptors (Lipinski definition) is 7. The van der Waals surface area contributed by atoms with Gasteiger partial charge in [-0.1, -0.05) is 23.7 Å². The van der Waals surface area contributed by atoms with E-state index in [0.717, 1.165) is 5.56 Å². The molecule has 1 aromatic carbocycles. The number of rotatable bonds is 5. The molecule has 160 valence electrons. The maximum atomic E-state index is 12.4. The van der Waals surface area contributed by atoms with Gasteiger partial charge in [-0.25, -0.2) is 15.0 Å². The normalized spacial score (nSPS) is 34.5. The molecule has 4 aliphatic carbocycles. The van der Waals surface area contributed by atoms with E-state index in [4.69, 9.17) is 11.6 Å². The molecule has 31 heavy (non-hydrogen) atoms. The van der Waals surface area contributed by atoms with Gasteiger partial charge in [0.2, 0.25) is 5.91 Å². The Morgan fingerprint density at radius 3 is 2.87 bits per heavy atom. The quantitative estimate of drug-likeness (QED) is 0.467. The fourth-order valence-electron chi connectivity index (χ4n) is 5.95. The molecule has 2 bridgehead atoms. The third-order valence-corrected chi connectivity index (χ3v) is 7.50. The summed E-state index contributed by atoms with van der Waals surface area (Å²) in [6, 6.07) is 7.08. The Kier molecular flexibility index (Phi) is 3.63. The number of nitrogens with one attached hydrogen (secondary N) is 2. The summed E-state index contributed by atoms with van der Waals surface area (Å²) >= 11 is 6.07. The van der Waals surface area contributed by atoms with Crippen molar-refractivity contribution in [3.05, 3.63) is 47.0 Å². The molecule has 0 spiro atoms. The minimum absolute atomic E-state index is 0.136. The molecular formula is C21H21ClN6O3. The maximum Gasteiger partial charge on any atom is 0.229 e. The molecule has 4 fully saturated rings. The number of aromatic nitrogens is 4. The summed E-state index contributed by atoms with van der Waals surface area (Å²) in [6.07, 6.45) is 0.550. The predicted octanol–water partition coefficient (Wildman–Crippen LogP) is 1.04. The summed E-state index contributed by atoms with van der Waals surface area (Å²) in [5.74, 6) is 0.553. The highest BCUT2D eigenvalue weighted by atomic mass is 35.5. The van der Waals surface area contributed by atoms with Gasteiger partial charge < -0.3 is 25.4 Å². The van der Waals surface area contributed by atoms with Gasteiger partial charge in [-0.2, -0.15) is 0 Å². The van der Waals surface area contributed by atoms with E-state index in [1.807, 2.05) is 24.3 Å². The SMILES string of the molecule is CNC(=O)C12C3C(n4cnc5c(NCc6cccc(Cl)c6)nc(C)nc54)C(O)C1(O)C32. The van der Waals surface area contributed by atoms with E-state index in [-0.39, 0.29) is 17.7 Å². The number of anilines is 1. The largest absolute Gasteiger partial charge is 0.388 e. The lowest BCUT2D eigenvalue weighted by Crippen LogP contribution is -2.38. The van der Waals surface area contributed by atoms with Crippen LogP contribution >= 0.6 is 11.6 Å². The Morgan fingerprint density at radius 2 is 2.16 bits per heavy atom. The predicted molar refractivity (Wildman–Crippen MR) is 112 cm³/mol. The van der Waals surface area contributed by atoms with Gasteiger partial charge in [0.1, 0.15) is 23.0 Å². The Hall–Kier alpha value is -2.75. The number of carbonyl (C=O) groups excluding carboxylic acids is 1. The third-order valence-electron chi connectivity index (χ3n) is 7.27. The van der Waals surface area contributed by atoms with Crippen LogP contribution in [-0.4, -0.2) is 54.4 Å². The first-order chi connectivity index (χ1) is 14.9. The first-order valence-electron chi connectivity index (χ1n) is 10.2. The number of amides is 1. The van der Waals surface area contributed by atoms with Crippen LogP contribution in [0.4, 0.5) is 5.82 Å². The van der Waals surface area contributed by atoms with E-state index in [1.54, 1.807) is 24.9 Å². The molecular weight excluding hydrogens is 420 g/mol. The zero-order valence-electron chi connectivity index (χ0n) is 16.9. The molecule has 1 amide bonds. The second kappa shape index (κ2) is 5.93. The molecule has 6 atom stereocenters. The van der Waals surface area contributed by atoms with Crippen LogP contribution in [0.15, 0.2) is 30.6 Å². The molecule has 2 aromatic heterocycles. The van der Waals surface area contributed by atoms with Gasteiger partial charge in [-0.05, 0) is 24.6 Å². The maximum absolute atomic E-state index is 12.4. The summed E-state index contributed by atoms with van der Waals surface area (Å²) in [7, 11) is 1.55. The van der Waals surface area contributed by atoms with Crippen LogP contribution in [0.3, 0.4) is 0 Å². The van der Waals surface area contributed by atoms with Crippen LogP contribution in [-0.2, 0) is 11.3 Å². The van der Waals surface area contributed by atoms with Crippen molar-refractivity contribution in [3.8, 4) is 0 Å². The number of carbonyl (C=O) groups is 1. The second-order valence-electron chi connectivity index (χ2n) is 8.64. The van der Waals surface area contributed by atoms with E-state index in [0.29, 0.717) is 34.4 Å². The van der Waals surface area contributed by atoms with Crippen molar-refractivity contribution >= 4 is 34.5 Å². The number of hydrogen-bond donors (Lipinski definition) is 4. The number of aliphatic hydroxyl groups is 2. The number of nitrogens with zero attached hydrogens (tertiary/aromatic N) is 4. The number of fused-ring (bicyclic) bond motifs is 2. The Balaban J connectivity index is 1.35. The van der Waals surface area contributed by atoms with Gasteiger partial charge in [0.25, 0.3) is 0 Å². The van der Waals surface area contributed by atoms with Crippen molar-refractivity contribution in [1.82, 2.24) is 24.8 Å². The van der Waals surface area contributed by atoms with Crippen LogP contribution in [0.1, 0.15) is 17.4 Å². The van der Waals surface area contributed by atoms with Crippen molar-refractivity contribution in [2.75, 3.05) is 12.4 Å². The van der Waals surface area contributed by atoms with Crippen LogP contribution < -0.4 is 10.6 Å².